The van der Waals surface area contributed by atoms with E-state index >= 15 is 0 Å². The second kappa shape index (κ2) is 9.98. The maximum atomic E-state index is 5.85. The van der Waals surface area contributed by atoms with Gasteiger partial charge in [-0.1, -0.05) is 20.8 Å². The van der Waals surface area contributed by atoms with Crippen molar-refractivity contribution in [2.75, 3.05) is 33.4 Å². The van der Waals surface area contributed by atoms with Crippen molar-refractivity contribution in [2.24, 2.45) is 5.92 Å². The Hall–Kier alpha value is -0.840. The topological polar surface area (TPSA) is 37.6 Å². The first kappa shape index (κ1) is 18.2. The van der Waals surface area contributed by atoms with Crippen LogP contribution in [0.4, 0.5) is 0 Å². The summed E-state index contributed by atoms with van der Waals surface area (Å²) in [5, 5.41) is 3.38. The largest absolute Gasteiger partial charge is 0.465 e. The van der Waals surface area contributed by atoms with E-state index in [0.29, 0.717) is 5.92 Å². The average molecular weight is 296 g/mol. The maximum absolute atomic E-state index is 5.85. The number of rotatable bonds is 11. The highest BCUT2D eigenvalue weighted by Gasteiger charge is 2.13. The van der Waals surface area contributed by atoms with Gasteiger partial charge >= 0.3 is 0 Å². The van der Waals surface area contributed by atoms with E-state index in [-0.39, 0.29) is 0 Å². The van der Waals surface area contributed by atoms with Crippen LogP contribution in [-0.4, -0.2) is 38.3 Å². The van der Waals surface area contributed by atoms with E-state index in [4.69, 9.17) is 9.15 Å². The Bertz CT molecular complexity index is 388. The molecule has 4 heteroatoms. The molecule has 0 aliphatic carbocycles. The molecule has 21 heavy (non-hydrogen) atoms. The standard InChI is InChI=1S/C17H32N2O2/c1-6-7-18-11-17-10-16(15(4)21-17)13-19(8-9-20-5)12-14(2)3/h10,14,18H,6-9,11-13H2,1-5H3. The molecule has 0 radical (unpaired) electrons. The molecule has 0 aliphatic heterocycles. The SMILES string of the molecule is CCCNCc1cc(CN(CCOC)CC(C)C)c(C)o1. The number of nitrogens with one attached hydrogen (secondary N) is 1. The van der Waals surface area contributed by atoms with Crippen LogP contribution >= 0.6 is 0 Å². The number of hydrogen-bond donors (Lipinski definition) is 1. The Morgan fingerprint density at radius 3 is 2.76 bits per heavy atom. The van der Waals surface area contributed by atoms with E-state index in [9.17, 15) is 0 Å². The highest BCUT2D eigenvalue weighted by Crippen LogP contribution is 2.17. The Balaban J connectivity index is 2.60. The second-order valence-corrected chi connectivity index (χ2v) is 6.09. The minimum Gasteiger partial charge on any atom is -0.465 e. The van der Waals surface area contributed by atoms with Crippen LogP contribution in [0.25, 0.3) is 0 Å². The molecular formula is C17H32N2O2. The van der Waals surface area contributed by atoms with Crippen LogP contribution < -0.4 is 5.32 Å². The van der Waals surface area contributed by atoms with Crippen LogP contribution in [0.3, 0.4) is 0 Å². The molecule has 1 heterocycles. The van der Waals surface area contributed by atoms with Crippen LogP contribution in [0.1, 0.15) is 44.3 Å². The molecule has 1 rings (SSSR count). The summed E-state index contributed by atoms with van der Waals surface area (Å²) < 4.78 is 11.1. The number of nitrogens with zero attached hydrogens (tertiary/aromatic N) is 1. The minimum absolute atomic E-state index is 0.653. The van der Waals surface area contributed by atoms with Crippen molar-refractivity contribution in [2.45, 2.75) is 47.2 Å². The van der Waals surface area contributed by atoms with Gasteiger partial charge in [-0.2, -0.15) is 0 Å². The van der Waals surface area contributed by atoms with E-state index in [1.165, 1.54) is 5.56 Å². The fourth-order valence-corrected chi connectivity index (χ4v) is 2.43. The quantitative estimate of drug-likeness (QED) is 0.636. The normalized spacial score (nSPS) is 11.8. The molecule has 0 bridgehead atoms. The van der Waals surface area contributed by atoms with E-state index in [1.54, 1.807) is 7.11 Å². The summed E-state index contributed by atoms with van der Waals surface area (Å²) in [7, 11) is 1.76. The highest BCUT2D eigenvalue weighted by molar-refractivity contribution is 5.20. The van der Waals surface area contributed by atoms with Crippen molar-refractivity contribution in [3.63, 3.8) is 0 Å². The lowest BCUT2D eigenvalue weighted by Gasteiger charge is -2.23. The molecule has 0 aliphatic rings. The molecule has 0 amide bonds. The monoisotopic (exact) mass is 296 g/mol. The van der Waals surface area contributed by atoms with Gasteiger partial charge in [0.15, 0.2) is 0 Å². The molecule has 0 saturated heterocycles. The average Bonchev–Trinajstić information content (AvgIpc) is 2.76. The molecule has 1 N–H and O–H groups in total. The molecule has 0 spiro atoms. The predicted molar refractivity (Wildman–Crippen MR) is 87.4 cm³/mol. The van der Waals surface area contributed by atoms with Gasteiger partial charge in [0, 0.05) is 32.3 Å². The minimum atomic E-state index is 0.653. The third-order valence-corrected chi connectivity index (χ3v) is 3.43. The molecule has 0 saturated carbocycles. The van der Waals surface area contributed by atoms with E-state index in [2.05, 4.69) is 44.0 Å². The summed E-state index contributed by atoms with van der Waals surface area (Å²) in [6.45, 7) is 14.3. The maximum Gasteiger partial charge on any atom is 0.118 e. The Morgan fingerprint density at radius 1 is 1.38 bits per heavy atom. The van der Waals surface area contributed by atoms with Gasteiger partial charge in [0.05, 0.1) is 13.2 Å². The zero-order valence-electron chi connectivity index (χ0n) is 14.4. The Morgan fingerprint density at radius 2 is 2.14 bits per heavy atom. The third-order valence-electron chi connectivity index (χ3n) is 3.43. The number of aryl methyl sites for hydroxylation is 1. The molecular weight excluding hydrogens is 264 g/mol. The van der Waals surface area contributed by atoms with Crippen LogP contribution in [0, 0.1) is 12.8 Å². The van der Waals surface area contributed by atoms with E-state index in [1.807, 2.05) is 0 Å². The zero-order chi connectivity index (χ0) is 15.7. The van der Waals surface area contributed by atoms with Gasteiger partial charge in [0.2, 0.25) is 0 Å². The van der Waals surface area contributed by atoms with Gasteiger partial charge < -0.3 is 14.5 Å². The van der Waals surface area contributed by atoms with Crippen LogP contribution in [-0.2, 0) is 17.8 Å². The molecule has 0 unspecified atom stereocenters. The van der Waals surface area contributed by atoms with Crippen LogP contribution in [0.2, 0.25) is 0 Å². The van der Waals surface area contributed by atoms with Crippen molar-refractivity contribution >= 4 is 0 Å². The summed E-state index contributed by atoms with van der Waals surface area (Å²) in [6, 6.07) is 2.19. The van der Waals surface area contributed by atoms with Crippen LogP contribution in [0.5, 0.6) is 0 Å². The fourth-order valence-electron chi connectivity index (χ4n) is 2.43. The van der Waals surface area contributed by atoms with Crippen molar-refractivity contribution in [1.82, 2.24) is 10.2 Å². The summed E-state index contributed by atoms with van der Waals surface area (Å²) >= 11 is 0. The number of hydrogen-bond acceptors (Lipinski definition) is 4. The first-order valence-electron chi connectivity index (χ1n) is 8.07. The lowest BCUT2D eigenvalue weighted by atomic mass is 10.1. The first-order valence-corrected chi connectivity index (χ1v) is 8.07. The van der Waals surface area contributed by atoms with Gasteiger partial charge in [0.25, 0.3) is 0 Å². The van der Waals surface area contributed by atoms with Gasteiger partial charge in [-0.3, -0.25) is 4.90 Å². The summed E-state index contributed by atoms with van der Waals surface area (Å²) in [4.78, 5) is 2.44. The lowest BCUT2D eigenvalue weighted by Crippen LogP contribution is -2.30. The van der Waals surface area contributed by atoms with Crippen LogP contribution in [0.15, 0.2) is 10.5 Å². The predicted octanol–water partition coefficient (Wildman–Crippen LogP) is 3.19. The lowest BCUT2D eigenvalue weighted by molar-refractivity contribution is 0.135. The molecule has 0 atom stereocenters. The molecule has 4 nitrogen and oxygen atoms in total. The van der Waals surface area contributed by atoms with Gasteiger partial charge in [-0.15, -0.1) is 0 Å². The van der Waals surface area contributed by atoms with Crippen molar-refractivity contribution < 1.29 is 9.15 Å². The summed E-state index contributed by atoms with van der Waals surface area (Å²) in [5.74, 6) is 2.72. The number of furan rings is 1. The van der Waals surface area contributed by atoms with Crippen molar-refractivity contribution in [3.05, 3.63) is 23.2 Å². The summed E-state index contributed by atoms with van der Waals surface area (Å²) in [6.07, 6.45) is 1.14. The molecule has 0 fully saturated rings. The Kier molecular flexibility index (Phi) is 8.66. The fraction of sp³-hybridized carbons (Fsp3) is 0.765. The van der Waals surface area contributed by atoms with Gasteiger partial charge in [-0.25, -0.2) is 0 Å². The smallest absolute Gasteiger partial charge is 0.118 e. The van der Waals surface area contributed by atoms with E-state index in [0.717, 1.165) is 57.3 Å². The van der Waals surface area contributed by atoms with Gasteiger partial charge in [-0.05, 0) is 31.9 Å². The van der Waals surface area contributed by atoms with Crippen molar-refractivity contribution in [1.29, 1.82) is 0 Å². The third kappa shape index (κ3) is 7.11. The number of methoxy groups -OCH3 is 1. The summed E-state index contributed by atoms with van der Waals surface area (Å²) in [5.41, 5.74) is 1.29. The molecule has 1 aromatic heterocycles. The molecule has 1 aromatic rings. The van der Waals surface area contributed by atoms with E-state index < -0.39 is 0 Å². The zero-order valence-corrected chi connectivity index (χ0v) is 14.4. The van der Waals surface area contributed by atoms with Crippen molar-refractivity contribution in [3.8, 4) is 0 Å². The van der Waals surface area contributed by atoms with Gasteiger partial charge in [0.1, 0.15) is 11.5 Å². The number of ether oxygens (including phenoxy) is 1. The first-order chi connectivity index (χ1) is 10.1. The Labute approximate surface area is 129 Å². The second-order valence-electron chi connectivity index (χ2n) is 6.09. The highest BCUT2D eigenvalue weighted by atomic mass is 16.5. The molecule has 122 valence electrons. The molecule has 0 aromatic carbocycles.